The standard InChI is InChI=1S/C14H14N2OS/c1-16-13-6-5-11(18)9-12(13)15-14(16)7-4-10-3-2-8-17-10/h2-3,5-6,8-9,18H,4,7H2,1H3. The maximum Gasteiger partial charge on any atom is 0.110 e. The van der Waals surface area contributed by atoms with Gasteiger partial charge in [-0.05, 0) is 30.3 Å². The van der Waals surface area contributed by atoms with Crippen LogP contribution in [0.2, 0.25) is 0 Å². The predicted molar refractivity (Wildman–Crippen MR) is 74.1 cm³/mol. The van der Waals surface area contributed by atoms with Crippen LogP contribution in [0.4, 0.5) is 0 Å². The monoisotopic (exact) mass is 258 g/mol. The van der Waals surface area contributed by atoms with Gasteiger partial charge in [0.15, 0.2) is 0 Å². The Bertz CT molecular complexity index is 670. The Morgan fingerprint density at radius 2 is 2.17 bits per heavy atom. The maximum absolute atomic E-state index is 5.34. The fraction of sp³-hybridized carbons (Fsp3) is 0.214. The van der Waals surface area contributed by atoms with E-state index in [1.54, 1.807) is 6.26 Å². The van der Waals surface area contributed by atoms with Crippen LogP contribution in [0.15, 0.2) is 45.9 Å². The van der Waals surface area contributed by atoms with Crippen molar-refractivity contribution in [2.24, 2.45) is 7.05 Å². The number of aryl methyl sites for hydroxylation is 3. The molecule has 0 amide bonds. The Morgan fingerprint density at radius 3 is 2.94 bits per heavy atom. The predicted octanol–water partition coefficient (Wildman–Crippen LogP) is 3.24. The molecule has 0 unspecified atom stereocenters. The molecule has 2 heterocycles. The summed E-state index contributed by atoms with van der Waals surface area (Å²) in [7, 11) is 2.05. The Kier molecular flexibility index (Phi) is 2.88. The molecule has 0 bridgehead atoms. The molecule has 18 heavy (non-hydrogen) atoms. The molecule has 2 aromatic heterocycles. The van der Waals surface area contributed by atoms with Gasteiger partial charge in [0, 0.05) is 24.8 Å². The van der Waals surface area contributed by atoms with Crippen LogP contribution >= 0.6 is 12.6 Å². The van der Waals surface area contributed by atoms with Crippen molar-refractivity contribution in [1.82, 2.24) is 9.55 Å². The molecule has 0 aliphatic carbocycles. The third-order valence-corrected chi connectivity index (χ3v) is 3.41. The summed E-state index contributed by atoms with van der Waals surface area (Å²) >= 11 is 4.34. The minimum absolute atomic E-state index is 0.873. The van der Waals surface area contributed by atoms with E-state index in [-0.39, 0.29) is 0 Å². The zero-order valence-electron chi connectivity index (χ0n) is 10.1. The molecular weight excluding hydrogens is 244 g/mol. The molecule has 0 N–H and O–H groups in total. The molecule has 1 aromatic carbocycles. The van der Waals surface area contributed by atoms with Gasteiger partial charge in [-0.2, -0.15) is 0 Å². The van der Waals surface area contributed by atoms with Crippen molar-refractivity contribution in [3.63, 3.8) is 0 Å². The molecule has 0 atom stereocenters. The first-order valence-electron chi connectivity index (χ1n) is 5.91. The largest absolute Gasteiger partial charge is 0.469 e. The van der Waals surface area contributed by atoms with E-state index in [0.29, 0.717) is 0 Å². The SMILES string of the molecule is Cn1c(CCc2ccco2)nc2cc(S)ccc21. The lowest BCUT2D eigenvalue weighted by Gasteiger charge is -2.00. The summed E-state index contributed by atoms with van der Waals surface area (Å²) in [4.78, 5) is 5.59. The zero-order valence-corrected chi connectivity index (χ0v) is 11.0. The van der Waals surface area contributed by atoms with Gasteiger partial charge < -0.3 is 8.98 Å². The van der Waals surface area contributed by atoms with E-state index in [2.05, 4.69) is 28.2 Å². The fourth-order valence-electron chi connectivity index (χ4n) is 2.15. The summed E-state index contributed by atoms with van der Waals surface area (Å²) in [5, 5.41) is 0. The minimum Gasteiger partial charge on any atom is -0.469 e. The quantitative estimate of drug-likeness (QED) is 0.731. The summed E-state index contributed by atoms with van der Waals surface area (Å²) in [6, 6.07) is 9.95. The maximum atomic E-state index is 5.34. The molecule has 0 aliphatic rings. The molecule has 0 spiro atoms. The van der Waals surface area contributed by atoms with Crippen molar-refractivity contribution < 1.29 is 4.42 Å². The van der Waals surface area contributed by atoms with Gasteiger partial charge >= 0.3 is 0 Å². The van der Waals surface area contributed by atoms with E-state index in [1.807, 2.05) is 31.3 Å². The summed E-state index contributed by atoms with van der Waals surface area (Å²) in [6.07, 6.45) is 3.45. The van der Waals surface area contributed by atoms with Crippen LogP contribution < -0.4 is 0 Å². The van der Waals surface area contributed by atoms with E-state index in [4.69, 9.17) is 4.42 Å². The summed E-state index contributed by atoms with van der Waals surface area (Å²) in [5.41, 5.74) is 2.14. The number of nitrogens with zero attached hydrogens (tertiary/aromatic N) is 2. The van der Waals surface area contributed by atoms with Gasteiger partial charge in [0.2, 0.25) is 0 Å². The van der Waals surface area contributed by atoms with Gasteiger partial charge in [-0.25, -0.2) is 4.98 Å². The second kappa shape index (κ2) is 4.53. The molecule has 4 heteroatoms. The highest BCUT2D eigenvalue weighted by molar-refractivity contribution is 7.80. The zero-order chi connectivity index (χ0) is 12.5. The number of benzene rings is 1. The third kappa shape index (κ3) is 2.04. The number of hydrogen-bond acceptors (Lipinski definition) is 3. The lowest BCUT2D eigenvalue weighted by molar-refractivity contribution is 0.505. The van der Waals surface area contributed by atoms with Crippen molar-refractivity contribution >= 4 is 23.7 Å². The van der Waals surface area contributed by atoms with Crippen molar-refractivity contribution in [3.05, 3.63) is 48.2 Å². The molecule has 3 nitrogen and oxygen atoms in total. The molecule has 0 radical (unpaired) electrons. The number of aromatic nitrogens is 2. The normalized spacial score (nSPS) is 11.2. The molecule has 0 fully saturated rings. The van der Waals surface area contributed by atoms with E-state index >= 15 is 0 Å². The molecule has 0 saturated heterocycles. The summed E-state index contributed by atoms with van der Waals surface area (Å²) in [6.45, 7) is 0. The van der Waals surface area contributed by atoms with Gasteiger partial charge in [0.1, 0.15) is 11.6 Å². The number of rotatable bonds is 3. The van der Waals surface area contributed by atoms with Crippen LogP contribution in [0.5, 0.6) is 0 Å². The second-order valence-corrected chi connectivity index (χ2v) is 4.86. The summed E-state index contributed by atoms with van der Waals surface area (Å²) < 4.78 is 7.47. The lowest BCUT2D eigenvalue weighted by Crippen LogP contribution is -1.99. The van der Waals surface area contributed by atoms with Crippen molar-refractivity contribution in [2.75, 3.05) is 0 Å². The molecular formula is C14H14N2OS. The second-order valence-electron chi connectivity index (χ2n) is 4.34. The first kappa shape index (κ1) is 11.4. The lowest BCUT2D eigenvalue weighted by atomic mass is 10.2. The molecule has 3 aromatic rings. The number of thiol groups is 1. The van der Waals surface area contributed by atoms with Crippen LogP contribution in [0.3, 0.4) is 0 Å². The molecule has 92 valence electrons. The van der Waals surface area contributed by atoms with Crippen molar-refractivity contribution in [2.45, 2.75) is 17.7 Å². The number of hydrogen-bond donors (Lipinski definition) is 1. The Balaban J connectivity index is 1.90. The van der Waals surface area contributed by atoms with Crippen LogP contribution in [0.1, 0.15) is 11.6 Å². The van der Waals surface area contributed by atoms with E-state index in [1.165, 1.54) is 0 Å². The molecule has 3 rings (SSSR count). The van der Waals surface area contributed by atoms with Gasteiger partial charge in [-0.15, -0.1) is 12.6 Å². The average molecular weight is 258 g/mol. The number of imidazole rings is 1. The van der Waals surface area contributed by atoms with Gasteiger partial charge in [0.05, 0.1) is 17.3 Å². The number of fused-ring (bicyclic) bond motifs is 1. The van der Waals surface area contributed by atoms with Gasteiger partial charge in [-0.1, -0.05) is 0 Å². The Morgan fingerprint density at radius 1 is 1.28 bits per heavy atom. The van der Waals surface area contributed by atoms with Gasteiger partial charge in [-0.3, -0.25) is 0 Å². The smallest absolute Gasteiger partial charge is 0.110 e. The number of furan rings is 1. The average Bonchev–Trinajstić information content (AvgIpc) is 2.95. The van der Waals surface area contributed by atoms with Crippen LogP contribution in [-0.4, -0.2) is 9.55 Å². The topological polar surface area (TPSA) is 31.0 Å². The van der Waals surface area contributed by atoms with Crippen molar-refractivity contribution in [1.29, 1.82) is 0 Å². The van der Waals surface area contributed by atoms with Crippen LogP contribution in [0.25, 0.3) is 11.0 Å². The van der Waals surface area contributed by atoms with E-state index in [0.717, 1.165) is 40.4 Å². The minimum atomic E-state index is 0.873. The van der Waals surface area contributed by atoms with Crippen LogP contribution in [0, 0.1) is 0 Å². The Hall–Kier alpha value is -1.68. The Labute approximate surface area is 111 Å². The highest BCUT2D eigenvalue weighted by atomic mass is 32.1. The molecule has 0 aliphatic heterocycles. The van der Waals surface area contributed by atoms with Crippen LogP contribution in [-0.2, 0) is 19.9 Å². The van der Waals surface area contributed by atoms with E-state index < -0.39 is 0 Å². The highest BCUT2D eigenvalue weighted by Crippen LogP contribution is 2.19. The first-order valence-corrected chi connectivity index (χ1v) is 6.35. The first-order chi connectivity index (χ1) is 8.74. The van der Waals surface area contributed by atoms with Gasteiger partial charge in [0.25, 0.3) is 0 Å². The highest BCUT2D eigenvalue weighted by Gasteiger charge is 2.08. The van der Waals surface area contributed by atoms with Crippen molar-refractivity contribution in [3.8, 4) is 0 Å². The third-order valence-electron chi connectivity index (χ3n) is 3.13. The molecule has 0 saturated carbocycles. The van der Waals surface area contributed by atoms with E-state index in [9.17, 15) is 0 Å². The fourth-order valence-corrected chi connectivity index (χ4v) is 2.35. The summed E-state index contributed by atoms with van der Waals surface area (Å²) in [5.74, 6) is 2.07.